The fourth-order valence-corrected chi connectivity index (χ4v) is 11.1. The molecule has 0 radical (unpaired) electrons. The lowest BCUT2D eigenvalue weighted by atomic mass is 10.1. The van der Waals surface area contributed by atoms with Gasteiger partial charge in [0.05, 0.1) is 182 Å². The third-order valence-electron chi connectivity index (χ3n) is 18.3. The van der Waals surface area contributed by atoms with E-state index in [0.29, 0.717) is 0 Å². The molecule has 1 aliphatic heterocycles. The number of carboxylic acid groups (broad SMARTS) is 4. The molecule has 1 heterocycles. The molecule has 1 saturated heterocycles. The van der Waals surface area contributed by atoms with Crippen molar-refractivity contribution in [2.45, 2.75) is 124 Å². The van der Waals surface area contributed by atoms with Crippen molar-refractivity contribution in [3.8, 4) is 0 Å². The number of carbonyl (C=O) groups is 8. The van der Waals surface area contributed by atoms with Crippen LogP contribution in [0.1, 0.15) is 51.4 Å². The average molecular weight is 1630 g/mol. The number of hydrogen-bond donors (Lipinski definition) is 20. The zero-order chi connectivity index (χ0) is 83.8. The van der Waals surface area contributed by atoms with Crippen molar-refractivity contribution >= 4 is 47.5 Å². The number of aliphatic hydroxyl groups is 16. The van der Waals surface area contributed by atoms with E-state index >= 15 is 0 Å². The predicted molar refractivity (Wildman–Crippen MR) is 376 cm³/mol. The summed E-state index contributed by atoms with van der Waals surface area (Å²) in [4.78, 5) is 114. The van der Waals surface area contributed by atoms with E-state index in [4.69, 9.17) is 37.9 Å². The van der Waals surface area contributed by atoms with E-state index in [9.17, 15) is 140 Å². The molecule has 20 N–H and O–H groups in total. The van der Waals surface area contributed by atoms with Crippen molar-refractivity contribution in [2.75, 3.05) is 237 Å². The fourth-order valence-electron chi connectivity index (χ4n) is 11.1. The summed E-state index contributed by atoms with van der Waals surface area (Å²) in [7, 11) is 0. The lowest BCUT2D eigenvalue weighted by Gasteiger charge is -2.42. The van der Waals surface area contributed by atoms with Gasteiger partial charge in [-0.1, -0.05) is 0 Å². The molecule has 0 saturated carbocycles. The summed E-state index contributed by atoms with van der Waals surface area (Å²) in [6.07, 6.45) is -13.0. The highest BCUT2D eigenvalue weighted by Gasteiger charge is 2.33. The van der Waals surface area contributed by atoms with Gasteiger partial charge in [0, 0.05) is 152 Å². The van der Waals surface area contributed by atoms with Crippen LogP contribution < -0.4 is 41.7 Å². The van der Waals surface area contributed by atoms with Gasteiger partial charge in [-0.25, -0.2) is 0 Å². The van der Waals surface area contributed by atoms with E-state index in [2.05, 4.69) is 21.3 Å². The SMILES string of the molecule is O=C(CCC(C(=O)[O-])N1CCN(C(CCC(=O)NCC(COC(CO)CO)COC(CO)CO)C(=O)[O-])CCN(C(CCC(=O)NCC(COC(CO)CO)COC(CO)CO)C(=O)[O-])CCN(C(CCC(=O)NCC(COC(CO)CO)COC(CO)CO)C(=O)[O-])CC1)NCC(COC(CO)CO)COC(CO)CO. The second-order valence-corrected chi connectivity index (χ2v) is 26.9. The Balaban J connectivity index is 4.18. The second-order valence-electron chi connectivity index (χ2n) is 26.9. The van der Waals surface area contributed by atoms with E-state index in [1.807, 2.05) is 0 Å². The number of nitrogens with one attached hydrogen (secondary N) is 4. The highest BCUT2D eigenvalue weighted by molar-refractivity contribution is 5.80. The number of aliphatic hydroxyl groups excluding tert-OH is 16. The standard InChI is InChI=1S/C68H128N8O36/c77-21-49(22-78)105-37-45(38-106-50(23-79)24-80)17-69-61(93)5-1-57(65(97)98)73-9-11-74(58(66(99)100)2-6-62(94)70-18-46(39-107-51(25-81)26-82)40-108-52(27-83)28-84)13-15-76(60(68(103)104)4-8-64(96)72-20-48(43-111-55(33-89)34-90)44-112-56(35-91)36-92)16-14-75(12-10-73)59(67(101)102)3-7-63(95)71-19-47(41-109-53(29-85)30-86)42-110-54(31-87)32-88/h45-60,77-92H,1-44H2,(H,69,93)(H,70,94)(H,71,95)(H,72,96)(H,97,98)(H,99,100)(H,101,102)(H,103,104)/p-4. The maximum Gasteiger partial charge on any atom is 0.220 e. The Morgan fingerprint density at radius 3 is 0.473 bits per heavy atom. The third-order valence-corrected chi connectivity index (χ3v) is 18.3. The van der Waals surface area contributed by atoms with Crippen molar-refractivity contribution in [2.24, 2.45) is 23.7 Å². The van der Waals surface area contributed by atoms with Gasteiger partial charge in [-0.2, -0.15) is 0 Å². The van der Waals surface area contributed by atoms with E-state index in [-0.39, 0.29) is 79.0 Å². The van der Waals surface area contributed by atoms with Crippen molar-refractivity contribution in [3.05, 3.63) is 0 Å². The topological polar surface area (TPSA) is 687 Å². The first-order valence-electron chi connectivity index (χ1n) is 37.3. The molecule has 0 aromatic heterocycles. The van der Waals surface area contributed by atoms with Crippen LogP contribution in [0.25, 0.3) is 0 Å². The maximum absolute atomic E-state index is 13.7. The quantitative estimate of drug-likeness (QED) is 0.0269. The molecule has 0 aromatic carbocycles. The molecule has 44 nitrogen and oxygen atoms in total. The molecular formula is C68H124N8O36-4. The smallest absolute Gasteiger partial charge is 0.220 e. The van der Waals surface area contributed by atoms with Crippen molar-refractivity contribution in [3.63, 3.8) is 0 Å². The zero-order valence-corrected chi connectivity index (χ0v) is 63.5. The van der Waals surface area contributed by atoms with Crippen LogP contribution in [0.15, 0.2) is 0 Å². The van der Waals surface area contributed by atoms with Gasteiger partial charge < -0.3 is 180 Å². The van der Waals surface area contributed by atoms with Gasteiger partial charge in [-0.15, -0.1) is 0 Å². The van der Waals surface area contributed by atoms with Crippen molar-refractivity contribution < 1.29 is 178 Å². The molecule has 1 aliphatic rings. The molecule has 112 heavy (non-hydrogen) atoms. The highest BCUT2D eigenvalue weighted by atomic mass is 16.6. The molecule has 0 aliphatic carbocycles. The lowest BCUT2D eigenvalue weighted by molar-refractivity contribution is -0.315. The number of nitrogens with zero attached hydrogens (tertiary/aromatic N) is 4. The molecule has 1 rings (SSSR count). The molecule has 1 fully saturated rings. The van der Waals surface area contributed by atoms with Crippen LogP contribution in [0.5, 0.6) is 0 Å². The Morgan fingerprint density at radius 2 is 0.366 bits per heavy atom. The first-order chi connectivity index (χ1) is 53.8. The Hall–Kier alpha value is -5.36. The maximum atomic E-state index is 13.7. The van der Waals surface area contributed by atoms with Gasteiger partial charge in [0.25, 0.3) is 0 Å². The number of aliphatic carboxylic acids is 4. The molecule has 656 valence electrons. The summed E-state index contributed by atoms with van der Waals surface area (Å²) >= 11 is 0. The molecule has 4 amide bonds. The number of ether oxygens (including phenoxy) is 8. The molecule has 4 atom stereocenters. The largest absolute Gasteiger partial charge is 0.548 e. The van der Waals surface area contributed by atoms with Crippen LogP contribution in [-0.2, 0) is 76.3 Å². The zero-order valence-electron chi connectivity index (χ0n) is 63.5. The Labute approximate surface area is 650 Å². The van der Waals surface area contributed by atoms with E-state index in [0.717, 1.165) is 0 Å². The monoisotopic (exact) mass is 1630 g/mol. The summed E-state index contributed by atoms with van der Waals surface area (Å²) < 4.78 is 44.3. The van der Waals surface area contributed by atoms with Crippen LogP contribution in [-0.4, -0.2) is 459 Å². The van der Waals surface area contributed by atoms with E-state index in [1.54, 1.807) is 0 Å². The molecule has 4 unspecified atom stereocenters. The van der Waals surface area contributed by atoms with Crippen molar-refractivity contribution in [1.29, 1.82) is 0 Å². The second kappa shape index (κ2) is 63.8. The number of amides is 4. The minimum atomic E-state index is -1.79. The van der Waals surface area contributed by atoms with Gasteiger partial charge >= 0.3 is 0 Å². The normalized spacial score (nSPS) is 15.4. The minimum absolute atomic E-state index is 0.251. The first-order valence-corrected chi connectivity index (χ1v) is 37.3. The lowest BCUT2D eigenvalue weighted by Crippen LogP contribution is -2.59. The van der Waals surface area contributed by atoms with Gasteiger partial charge in [-0.3, -0.25) is 38.8 Å². The van der Waals surface area contributed by atoms with Crippen LogP contribution in [0.3, 0.4) is 0 Å². The van der Waals surface area contributed by atoms with Crippen LogP contribution in [0, 0.1) is 23.7 Å². The first kappa shape index (κ1) is 105. The van der Waals surface area contributed by atoms with Crippen molar-refractivity contribution in [1.82, 2.24) is 40.9 Å². The van der Waals surface area contributed by atoms with Crippen LogP contribution in [0.2, 0.25) is 0 Å². The van der Waals surface area contributed by atoms with Gasteiger partial charge in [0.1, 0.15) is 48.8 Å². The summed E-state index contributed by atoms with van der Waals surface area (Å²) in [5, 5.41) is 218. The fraction of sp³-hybridized carbons (Fsp3) is 0.882. The van der Waals surface area contributed by atoms with Gasteiger partial charge in [0.2, 0.25) is 23.6 Å². The number of carboxylic acids is 4. The summed E-state index contributed by atoms with van der Waals surface area (Å²) in [5.41, 5.74) is 0. The summed E-state index contributed by atoms with van der Waals surface area (Å²) in [6.45, 7) is -16.6. The molecule has 0 bridgehead atoms. The van der Waals surface area contributed by atoms with Gasteiger partial charge in [-0.05, 0) is 25.7 Å². The number of carbonyl (C=O) groups excluding carboxylic acids is 8. The minimum Gasteiger partial charge on any atom is -0.548 e. The average Bonchev–Trinajstić information content (AvgIpc) is 0.829. The Kier molecular flexibility index (Phi) is 59.6. The third kappa shape index (κ3) is 44.7. The molecule has 0 spiro atoms. The van der Waals surface area contributed by atoms with E-state index in [1.165, 1.54) is 19.6 Å². The van der Waals surface area contributed by atoms with Gasteiger partial charge in [0.15, 0.2) is 0 Å². The summed E-state index contributed by atoms with van der Waals surface area (Å²) in [5.74, 6) is -13.3. The molecule has 44 heteroatoms. The number of rotatable bonds is 68. The Morgan fingerprint density at radius 1 is 0.241 bits per heavy atom. The van der Waals surface area contributed by atoms with Crippen LogP contribution in [0.4, 0.5) is 0 Å². The highest BCUT2D eigenvalue weighted by Crippen LogP contribution is 2.19. The van der Waals surface area contributed by atoms with Crippen LogP contribution >= 0.6 is 0 Å². The molecular weight excluding hydrogens is 1500 g/mol. The molecule has 0 aromatic rings. The number of hydrogen-bond acceptors (Lipinski definition) is 40. The predicted octanol–water partition coefficient (Wildman–Crippen LogP) is -17.3. The Bertz CT molecular complexity index is 2080. The summed E-state index contributed by atoms with van der Waals surface area (Å²) in [6, 6.07) is -7.14. The van der Waals surface area contributed by atoms with E-state index < -0.39 is 354 Å².